The molecule has 0 bridgehead atoms. The standard InChI is InChI=1S/C20H28N6O2/c1-2-3-4-11-21-20(28)17-9-12-25(13-10-17)19(27)14-16-5-7-18(8-6-16)26-15-22-23-24-26/h5-8,15,17H,2-4,9-14H2,1H3,(H,21,28). The summed E-state index contributed by atoms with van der Waals surface area (Å²) >= 11 is 0. The lowest BCUT2D eigenvalue weighted by Crippen LogP contribution is -2.43. The van der Waals surface area contributed by atoms with Gasteiger partial charge in [-0.05, 0) is 47.4 Å². The maximum atomic E-state index is 12.6. The molecule has 2 aromatic rings. The summed E-state index contributed by atoms with van der Waals surface area (Å²) in [5.41, 5.74) is 1.81. The van der Waals surface area contributed by atoms with Crippen molar-refractivity contribution in [2.45, 2.75) is 45.4 Å². The number of hydrogen-bond donors (Lipinski definition) is 1. The Morgan fingerprint density at radius 2 is 1.89 bits per heavy atom. The Bertz CT molecular complexity index is 752. The first-order chi connectivity index (χ1) is 13.7. The highest BCUT2D eigenvalue weighted by Crippen LogP contribution is 2.19. The lowest BCUT2D eigenvalue weighted by Gasteiger charge is -2.31. The van der Waals surface area contributed by atoms with Gasteiger partial charge in [-0.25, -0.2) is 4.68 Å². The number of carbonyl (C=O) groups is 2. The number of carbonyl (C=O) groups excluding carboxylic acids is 2. The highest BCUT2D eigenvalue weighted by Gasteiger charge is 2.27. The summed E-state index contributed by atoms with van der Waals surface area (Å²) in [6.45, 7) is 4.20. The highest BCUT2D eigenvalue weighted by atomic mass is 16.2. The van der Waals surface area contributed by atoms with Gasteiger partial charge in [-0.2, -0.15) is 0 Å². The van der Waals surface area contributed by atoms with Gasteiger partial charge in [0.2, 0.25) is 11.8 Å². The fraction of sp³-hybridized carbons (Fsp3) is 0.550. The number of piperidine rings is 1. The van der Waals surface area contributed by atoms with E-state index in [2.05, 4.69) is 27.8 Å². The fourth-order valence-electron chi connectivity index (χ4n) is 3.45. The summed E-state index contributed by atoms with van der Waals surface area (Å²) in [5.74, 6) is 0.277. The summed E-state index contributed by atoms with van der Waals surface area (Å²) in [6, 6.07) is 7.64. The molecule has 28 heavy (non-hydrogen) atoms. The average Bonchev–Trinajstić information content (AvgIpc) is 3.26. The first kappa shape index (κ1) is 20.0. The number of amides is 2. The second kappa shape index (κ2) is 9.96. The molecule has 0 atom stereocenters. The van der Waals surface area contributed by atoms with Gasteiger partial charge in [0.25, 0.3) is 0 Å². The summed E-state index contributed by atoms with van der Waals surface area (Å²) in [6.07, 6.45) is 6.70. The molecule has 8 nitrogen and oxygen atoms in total. The first-order valence-electron chi connectivity index (χ1n) is 10.0. The maximum absolute atomic E-state index is 12.6. The lowest BCUT2D eigenvalue weighted by atomic mass is 9.95. The third kappa shape index (κ3) is 5.37. The van der Waals surface area contributed by atoms with Crippen LogP contribution in [0, 0.1) is 5.92 Å². The van der Waals surface area contributed by atoms with Gasteiger partial charge in [-0.15, -0.1) is 5.10 Å². The van der Waals surface area contributed by atoms with Gasteiger partial charge in [0.15, 0.2) is 0 Å². The Labute approximate surface area is 165 Å². The minimum atomic E-state index is 0.0289. The van der Waals surface area contributed by atoms with E-state index in [1.54, 1.807) is 4.68 Å². The van der Waals surface area contributed by atoms with Crippen LogP contribution in [-0.2, 0) is 16.0 Å². The van der Waals surface area contributed by atoms with Gasteiger partial charge in [-0.3, -0.25) is 9.59 Å². The molecule has 1 fully saturated rings. The second-order valence-corrected chi connectivity index (χ2v) is 7.25. The zero-order valence-electron chi connectivity index (χ0n) is 16.4. The van der Waals surface area contributed by atoms with E-state index >= 15 is 0 Å². The van der Waals surface area contributed by atoms with Crippen molar-refractivity contribution >= 4 is 11.8 Å². The molecule has 0 spiro atoms. The van der Waals surface area contributed by atoms with E-state index < -0.39 is 0 Å². The Hall–Kier alpha value is -2.77. The van der Waals surface area contributed by atoms with Crippen molar-refractivity contribution in [1.29, 1.82) is 0 Å². The Balaban J connectivity index is 1.43. The smallest absolute Gasteiger partial charge is 0.226 e. The van der Waals surface area contributed by atoms with E-state index in [1.165, 1.54) is 6.33 Å². The largest absolute Gasteiger partial charge is 0.356 e. The maximum Gasteiger partial charge on any atom is 0.226 e. The van der Waals surface area contributed by atoms with Crippen molar-refractivity contribution in [3.8, 4) is 5.69 Å². The van der Waals surface area contributed by atoms with Gasteiger partial charge in [0.05, 0.1) is 12.1 Å². The third-order valence-electron chi connectivity index (χ3n) is 5.20. The molecule has 150 valence electrons. The number of nitrogens with zero attached hydrogens (tertiary/aromatic N) is 5. The van der Waals surface area contributed by atoms with Crippen molar-refractivity contribution in [3.63, 3.8) is 0 Å². The first-order valence-corrected chi connectivity index (χ1v) is 10.0. The van der Waals surface area contributed by atoms with Crippen LogP contribution < -0.4 is 5.32 Å². The number of benzene rings is 1. The minimum absolute atomic E-state index is 0.0289. The highest BCUT2D eigenvalue weighted by molar-refractivity contribution is 5.81. The van der Waals surface area contributed by atoms with Crippen molar-refractivity contribution in [1.82, 2.24) is 30.4 Å². The van der Waals surface area contributed by atoms with Gasteiger partial charge in [0, 0.05) is 25.6 Å². The van der Waals surface area contributed by atoms with Crippen LogP contribution in [0.3, 0.4) is 0 Å². The molecule has 0 radical (unpaired) electrons. The average molecular weight is 384 g/mol. The molecular formula is C20H28N6O2. The lowest BCUT2D eigenvalue weighted by molar-refractivity contribution is -0.135. The number of tetrazole rings is 1. The number of aromatic nitrogens is 4. The zero-order valence-corrected chi connectivity index (χ0v) is 16.4. The molecule has 2 amide bonds. The SMILES string of the molecule is CCCCCNC(=O)C1CCN(C(=O)Cc2ccc(-n3cnnn3)cc2)CC1. The van der Waals surface area contributed by atoms with E-state index in [0.717, 1.165) is 49.9 Å². The molecule has 1 aliphatic heterocycles. The van der Waals surface area contributed by atoms with Crippen molar-refractivity contribution < 1.29 is 9.59 Å². The van der Waals surface area contributed by atoms with E-state index in [9.17, 15) is 9.59 Å². The van der Waals surface area contributed by atoms with Crippen molar-refractivity contribution in [2.24, 2.45) is 5.92 Å². The normalized spacial score (nSPS) is 14.8. The quantitative estimate of drug-likeness (QED) is 0.700. The van der Waals surface area contributed by atoms with E-state index in [-0.39, 0.29) is 17.7 Å². The van der Waals surface area contributed by atoms with Crippen LogP contribution in [-0.4, -0.2) is 56.6 Å². The molecule has 1 aromatic heterocycles. The van der Waals surface area contributed by atoms with Crippen LogP contribution in [0.1, 0.15) is 44.6 Å². The molecule has 0 saturated carbocycles. The molecule has 8 heteroatoms. The zero-order chi connectivity index (χ0) is 19.8. The Morgan fingerprint density at radius 3 is 2.54 bits per heavy atom. The minimum Gasteiger partial charge on any atom is -0.356 e. The predicted molar refractivity (Wildman–Crippen MR) is 105 cm³/mol. The molecule has 0 aliphatic carbocycles. The summed E-state index contributed by atoms with van der Waals surface area (Å²) < 4.78 is 1.57. The Kier molecular flexibility index (Phi) is 7.11. The molecule has 0 unspecified atom stereocenters. The summed E-state index contributed by atoms with van der Waals surface area (Å²) in [7, 11) is 0. The van der Waals surface area contributed by atoms with Crippen LogP contribution in [0.25, 0.3) is 5.69 Å². The van der Waals surface area contributed by atoms with E-state index in [1.807, 2.05) is 29.2 Å². The van der Waals surface area contributed by atoms with Gasteiger partial charge in [0.1, 0.15) is 6.33 Å². The van der Waals surface area contributed by atoms with Gasteiger partial charge >= 0.3 is 0 Å². The number of rotatable bonds is 8. The fourth-order valence-corrected chi connectivity index (χ4v) is 3.45. The molecule has 2 heterocycles. The molecular weight excluding hydrogens is 356 g/mol. The van der Waals surface area contributed by atoms with Crippen LogP contribution >= 0.6 is 0 Å². The molecule has 1 saturated heterocycles. The number of nitrogens with one attached hydrogen (secondary N) is 1. The molecule has 1 aromatic carbocycles. The van der Waals surface area contributed by atoms with E-state index in [4.69, 9.17) is 0 Å². The summed E-state index contributed by atoms with van der Waals surface area (Å²) in [4.78, 5) is 26.7. The van der Waals surface area contributed by atoms with Gasteiger partial charge in [-0.1, -0.05) is 31.9 Å². The monoisotopic (exact) mass is 384 g/mol. The number of unbranched alkanes of at least 4 members (excludes halogenated alkanes) is 2. The van der Waals surface area contributed by atoms with Crippen LogP contribution in [0.15, 0.2) is 30.6 Å². The van der Waals surface area contributed by atoms with Gasteiger partial charge < -0.3 is 10.2 Å². The summed E-state index contributed by atoms with van der Waals surface area (Å²) in [5, 5.41) is 14.1. The number of likely N-dealkylation sites (tertiary alicyclic amines) is 1. The molecule has 1 aliphatic rings. The van der Waals surface area contributed by atoms with E-state index in [0.29, 0.717) is 19.5 Å². The Morgan fingerprint density at radius 1 is 1.14 bits per heavy atom. The molecule has 3 rings (SSSR count). The van der Waals surface area contributed by atoms with Crippen LogP contribution in [0.2, 0.25) is 0 Å². The topological polar surface area (TPSA) is 93.0 Å². The predicted octanol–water partition coefficient (Wildman–Crippen LogP) is 1.75. The van der Waals surface area contributed by atoms with Crippen molar-refractivity contribution in [3.05, 3.63) is 36.2 Å². The number of hydrogen-bond acceptors (Lipinski definition) is 5. The van der Waals surface area contributed by atoms with Crippen LogP contribution in [0.5, 0.6) is 0 Å². The van der Waals surface area contributed by atoms with Crippen molar-refractivity contribution in [2.75, 3.05) is 19.6 Å². The van der Waals surface area contributed by atoms with Crippen LogP contribution in [0.4, 0.5) is 0 Å². The third-order valence-corrected chi connectivity index (χ3v) is 5.20. The molecule has 1 N–H and O–H groups in total. The second-order valence-electron chi connectivity index (χ2n) is 7.25.